The monoisotopic (exact) mass is 210 g/mol. The first kappa shape index (κ1) is 11.0. The van der Waals surface area contributed by atoms with E-state index in [2.05, 4.69) is 9.47 Å². The lowest BCUT2D eigenvalue weighted by atomic mass is 10.2. The second-order valence-electron chi connectivity index (χ2n) is 2.74. The Morgan fingerprint density at radius 1 is 1.33 bits per heavy atom. The van der Waals surface area contributed by atoms with Crippen LogP contribution in [0.5, 0.6) is 11.5 Å². The number of benzene rings is 1. The van der Waals surface area contributed by atoms with E-state index >= 15 is 0 Å². The van der Waals surface area contributed by atoms with Crippen molar-refractivity contribution in [3.05, 3.63) is 23.8 Å². The van der Waals surface area contributed by atoms with Gasteiger partial charge in [-0.3, -0.25) is 4.79 Å². The minimum Gasteiger partial charge on any atom is -0.504 e. The first-order valence-electron chi connectivity index (χ1n) is 4.15. The number of esters is 2. The van der Waals surface area contributed by atoms with Gasteiger partial charge in [0.2, 0.25) is 0 Å². The first-order valence-corrected chi connectivity index (χ1v) is 4.15. The number of hydrogen-bond acceptors (Lipinski definition) is 5. The third kappa shape index (κ3) is 2.46. The molecule has 1 aromatic rings. The molecule has 0 aliphatic carbocycles. The lowest BCUT2D eigenvalue weighted by Crippen LogP contribution is -2.05. The van der Waals surface area contributed by atoms with Gasteiger partial charge in [-0.05, 0) is 12.1 Å². The third-order valence-electron chi connectivity index (χ3n) is 1.66. The second-order valence-corrected chi connectivity index (χ2v) is 2.74. The van der Waals surface area contributed by atoms with E-state index in [0.717, 1.165) is 0 Å². The van der Waals surface area contributed by atoms with Crippen molar-refractivity contribution in [2.45, 2.75) is 6.92 Å². The van der Waals surface area contributed by atoms with Gasteiger partial charge in [-0.1, -0.05) is 6.07 Å². The molecule has 15 heavy (non-hydrogen) atoms. The van der Waals surface area contributed by atoms with Crippen molar-refractivity contribution in [2.75, 3.05) is 7.11 Å². The molecule has 0 aliphatic heterocycles. The predicted octanol–water partition coefficient (Wildman–Crippen LogP) is 1.10. The first-order chi connectivity index (χ1) is 7.06. The zero-order chi connectivity index (χ0) is 11.4. The molecule has 0 atom stereocenters. The van der Waals surface area contributed by atoms with Crippen molar-refractivity contribution in [3.63, 3.8) is 0 Å². The number of methoxy groups -OCH3 is 1. The number of ether oxygens (including phenoxy) is 2. The van der Waals surface area contributed by atoms with Gasteiger partial charge in [0.05, 0.1) is 7.11 Å². The number of phenolic OH excluding ortho intramolecular Hbond substituents is 1. The lowest BCUT2D eigenvalue weighted by Gasteiger charge is -2.07. The Bertz CT molecular complexity index is 397. The minimum absolute atomic E-state index is 0.0451. The Balaban J connectivity index is 3.11. The number of carbonyl (C=O) groups is 2. The number of carbonyl (C=O) groups excluding carboxylic acids is 2. The van der Waals surface area contributed by atoms with Gasteiger partial charge in [0.1, 0.15) is 5.56 Å². The normalized spacial score (nSPS) is 9.47. The van der Waals surface area contributed by atoms with E-state index in [1.807, 2.05) is 0 Å². The predicted molar refractivity (Wildman–Crippen MR) is 50.8 cm³/mol. The van der Waals surface area contributed by atoms with Crippen molar-refractivity contribution in [3.8, 4) is 11.5 Å². The molecular weight excluding hydrogens is 200 g/mol. The van der Waals surface area contributed by atoms with Gasteiger partial charge in [0, 0.05) is 6.92 Å². The Morgan fingerprint density at radius 2 is 2.00 bits per heavy atom. The van der Waals surface area contributed by atoms with E-state index in [0.29, 0.717) is 0 Å². The fourth-order valence-corrected chi connectivity index (χ4v) is 1.03. The molecule has 5 nitrogen and oxygen atoms in total. The standard InChI is InChI=1S/C10H10O5/c1-6(11)15-8-5-3-4-7(9(8)12)10(13)14-2/h3-5,12H,1-2H3. The molecule has 0 fully saturated rings. The summed E-state index contributed by atoms with van der Waals surface area (Å²) in [5.41, 5.74) is -0.0451. The Morgan fingerprint density at radius 3 is 2.53 bits per heavy atom. The van der Waals surface area contributed by atoms with E-state index in [9.17, 15) is 14.7 Å². The fraction of sp³-hybridized carbons (Fsp3) is 0.200. The Labute approximate surface area is 86.2 Å². The molecule has 0 aliphatic rings. The second kappa shape index (κ2) is 4.45. The van der Waals surface area contributed by atoms with Crippen LogP contribution in [-0.2, 0) is 9.53 Å². The maximum atomic E-state index is 11.1. The van der Waals surface area contributed by atoms with Crippen LogP contribution < -0.4 is 4.74 Å². The van der Waals surface area contributed by atoms with Gasteiger partial charge in [-0.25, -0.2) is 4.79 Å². The van der Waals surface area contributed by atoms with Crippen molar-refractivity contribution in [1.82, 2.24) is 0 Å². The molecule has 0 saturated carbocycles. The average molecular weight is 210 g/mol. The van der Waals surface area contributed by atoms with Gasteiger partial charge in [0.25, 0.3) is 0 Å². The van der Waals surface area contributed by atoms with Crippen LogP contribution >= 0.6 is 0 Å². The highest BCUT2D eigenvalue weighted by molar-refractivity contribution is 5.93. The topological polar surface area (TPSA) is 72.8 Å². The van der Waals surface area contributed by atoms with Crippen LogP contribution in [0.25, 0.3) is 0 Å². The van der Waals surface area contributed by atoms with E-state index in [1.54, 1.807) is 0 Å². The number of aromatic hydroxyl groups is 1. The summed E-state index contributed by atoms with van der Waals surface area (Å²) in [6.45, 7) is 1.20. The van der Waals surface area contributed by atoms with Crippen LogP contribution in [0.2, 0.25) is 0 Å². The van der Waals surface area contributed by atoms with Crippen LogP contribution in [0.4, 0.5) is 0 Å². The Kier molecular flexibility index (Phi) is 3.28. The summed E-state index contributed by atoms with van der Waals surface area (Å²) in [7, 11) is 1.19. The molecule has 0 amide bonds. The molecule has 0 bridgehead atoms. The number of rotatable bonds is 2. The van der Waals surface area contributed by atoms with Crippen LogP contribution in [0.3, 0.4) is 0 Å². The maximum Gasteiger partial charge on any atom is 0.341 e. The number of phenols is 1. The summed E-state index contributed by atoms with van der Waals surface area (Å²) in [4.78, 5) is 21.8. The lowest BCUT2D eigenvalue weighted by molar-refractivity contribution is -0.132. The van der Waals surface area contributed by atoms with Gasteiger partial charge in [-0.2, -0.15) is 0 Å². The zero-order valence-corrected chi connectivity index (χ0v) is 8.31. The summed E-state index contributed by atoms with van der Waals surface area (Å²) >= 11 is 0. The van der Waals surface area contributed by atoms with E-state index in [-0.39, 0.29) is 11.3 Å². The maximum absolute atomic E-state index is 11.1. The van der Waals surface area contributed by atoms with Crippen molar-refractivity contribution in [2.24, 2.45) is 0 Å². The third-order valence-corrected chi connectivity index (χ3v) is 1.66. The molecule has 0 unspecified atom stereocenters. The summed E-state index contributed by atoms with van der Waals surface area (Å²) in [6, 6.07) is 4.22. The number of hydrogen-bond donors (Lipinski definition) is 1. The molecular formula is C10H10O5. The van der Waals surface area contributed by atoms with Gasteiger partial charge in [-0.15, -0.1) is 0 Å². The quantitative estimate of drug-likeness (QED) is 0.584. The molecule has 1 rings (SSSR count). The smallest absolute Gasteiger partial charge is 0.341 e. The molecule has 0 aromatic heterocycles. The zero-order valence-electron chi connectivity index (χ0n) is 8.31. The van der Waals surface area contributed by atoms with Gasteiger partial charge >= 0.3 is 11.9 Å². The van der Waals surface area contributed by atoms with Crippen molar-refractivity contribution >= 4 is 11.9 Å². The molecule has 0 radical (unpaired) electrons. The molecule has 0 spiro atoms. The molecule has 0 heterocycles. The Hall–Kier alpha value is -2.04. The molecule has 1 N–H and O–H groups in total. The highest BCUT2D eigenvalue weighted by Gasteiger charge is 2.16. The summed E-state index contributed by atoms with van der Waals surface area (Å²) in [5, 5.41) is 9.56. The van der Waals surface area contributed by atoms with Crippen molar-refractivity contribution in [1.29, 1.82) is 0 Å². The average Bonchev–Trinajstić information content (AvgIpc) is 2.19. The molecule has 5 heteroatoms. The van der Waals surface area contributed by atoms with Crippen LogP contribution in [0.15, 0.2) is 18.2 Å². The van der Waals surface area contributed by atoms with Gasteiger partial charge < -0.3 is 14.6 Å². The van der Waals surface area contributed by atoms with E-state index in [4.69, 9.17) is 0 Å². The van der Waals surface area contributed by atoms with Crippen LogP contribution in [0, 0.1) is 0 Å². The molecule has 1 aromatic carbocycles. The number of para-hydroxylation sites is 1. The largest absolute Gasteiger partial charge is 0.504 e. The highest BCUT2D eigenvalue weighted by atomic mass is 16.5. The minimum atomic E-state index is -0.693. The SMILES string of the molecule is COC(=O)c1cccc(OC(C)=O)c1O. The summed E-state index contributed by atoms with van der Waals surface area (Å²) in [5.74, 6) is -1.74. The molecule has 80 valence electrons. The highest BCUT2D eigenvalue weighted by Crippen LogP contribution is 2.30. The van der Waals surface area contributed by atoms with Crippen molar-refractivity contribution < 1.29 is 24.2 Å². The van der Waals surface area contributed by atoms with Crippen LogP contribution in [-0.4, -0.2) is 24.2 Å². The van der Waals surface area contributed by atoms with E-state index in [1.165, 1.54) is 32.2 Å². The van der Waals surface area contributed by atoms with Gasteiger partial charge in [0.15, 0.2) is 11.5 Å². The van der Waals surface area contributed by atoms with E-state index < -0.39 is 17.7 Å². The van der Waals surface area contributed by atoms with Crippen LogP contribution in [0.1, 0.15) is 17.3 Å². The molecule has 0 saturated heterocycles. The summed E-state index contributed by atoms with van der Waals surface area (Å²) in [6.07, 6.45) is 0. The fourth-order valence-electron chi connectivity index (χ4n) is 1.03. The summed E-state index contributed by atoms with van der Waals surface area (Å²) < 4.78 is 9.12.